The number of carbonyl (C=O) groups is 1. The van der Waals surface area contributed by atoms with Gasteiger partial charge in [0.25, 0.3) is 5.91 Å². The van der Waals surface area contributed by atoms with Gasteiger partial charge in [-0.25, -0.2) is 9.37 Å². The monoisotopic (exact) mass is 336 g/mol. The number of nitrogens with one attached hydrogen (secondary N) is 1. The number of thiazole rings is 1. The van der Waals surface area contributed by atoms with E-state index in [0.717, 1.165) is 4.70 Å². The molecule has 1 heterocycles. The molecular weight excluding hydrogens is 327 g/mol. The predicted octanol–water partition coefficient (Wildman–Crippen LogP) is 4.11. The molecule has 0 saturated carbocycles. The van der Waals surface area contributed by atoms with Crippen molar-refractivity contribution in [3.05, 3.63) is 53.3 Å². The molecule has 0 unspecified atom stereocenters. The van der Waals surface area contributed by atoms with Gasteiger partial charge in [-0.15, -0.1) is 0 Å². The van der Waals surface area contributed by atoms with Crippen LogP contribution in [0.3, 0.4) is 0 Å². The molecule has 0 aliphatic rings. The summed E-state index contributed by atoms with van der Waals surface area (Å²) in [5, 5.41) is 3.56. The second-order valence-corrected chi connectivity index (χ2v) is 5.81. The van der Waals surface area contributed by atoms with E-state index < -0.39 is 11.7 Å². The molecule has 22 heavy (non-hydrogen) atoms. The molecule has 112 valence electrons. The van der Waals surface area contributed by atoms with Crippen molar-refractivity contribution in [2.45, 2.75) is 0 Å². The summed E-state index contributed by atoms with van der Waals surface area (Å²) in [6.07, 6.45) is 0. The molecule has 0 saturated heterocycles. The lowest BCUT2D eigenvalue weighted by molar-refractivity contribution is -0.118. The van der Waals surface area contributed by atoms with Crippen LogP contribution >= 0.6 is 22.9 Å². The van der Waals surface area contributed by atoms with Crippen molar-refractivity contribution in [1.82, 2.24) is 4.98 Å². The second-order valence-electron chi connectivity index (χ2n) is 4.37. The topological polar surface area (TPSA) is 51.2 Å². The Hall–Kier alpha value is -2.18. The van der Waals surface area contributed by atoms with Gasteiger partial charge in [0.15, 0.2) is 23.3 Å². The third-order valence-electron chi connectivity index (χ3n) is 2.81. The van der Waals surface area contributed by atoms with Gasteiger partial charge in [-0.1, -0.05) is 41.1 Å². The first kappa shape index (κ1) is 14.7. The Bertz CT molecular complexity index is 837. The number of amides is 1. The molecule has 0 spiro atoms. The molecule has 7 heteroatoms. The largest absolute Gasteiger partial charge is 0.481 e. The van der Waals surface area contributed by atoms with Crippen LogP contribution < -0.4 is 10.1 Å². The molecule has 0 fully saturated rings. The Labute approximate surface area is 134 Å². The zero-order valence-electron chi connectivity index (χ0n) is 11.2. The maximum Gasteiger partial charge on any atom is 0.264 e. The number of para-hydroxylation sites is 2. The summed E-state index contributed by atoms with van der Waals surface area (Å²) in [6, 6.07) is 11.3. The summed E-state index contributed by atoms with van der Waals surface area (Å²) in [5.74, 6) is -0.898. The number of hydrogen-bond acceptors (Lipinski definition) is 4. The van der Waals surface area contributed by atoms with Gasteiger partial charge in [0.05, 0.1) is 9.72 Å². The summed E-state index contributed by atoms with van der Waals surface area (Å²) in [6.45, 7) is -0.301. The number of fused-ring (bicyclic) bond motifs is 1. The molecule has 0 atom stereocenters. The minimum atomic E-state index is -0.512. The molecule has 0 bridgehead atoms. The van der Waals surface area contributed by atoms with E-state index in [-0.39, 0.29) is 12.4 Å². The van der Waals surface area contributed by atoms with Crippen LogP contribution in [0.5, 0.6) is 5.75 Å². The van der Waals surface area contributed by atoms with Gasteiger partial charge in [0, 0.05) is 0 Å². The lowest BCUT2D eigenvalue weighted by atomic mass is 10.3. The Morgan fingerprint density at radius 3 is 2.86 bits per heavy atom. The zero-order chi connectivity index (χ0) is 15.5. The number of anilines is 1. The summed E-state index contributed by atoms with van der Waals surface area (Å²) < 4.78 is 19.4. The van der Waals surface area contributed by atoms with E-state index in [0.29, 0.717) is 15.7 Å². The predicted molar refractivity (Wildman–Crippen MR) is 85.2 cm³/mol. The highest BCUT2D eigenvalue weighted by molar-refractivity contribution is 7.22. The number of ether oxygens (including phenoxy) is 1. The van der Waals surface area contributed by atoms with E-state index in [2.05, 4.69) is 10.3 Å². The maximum absolute atomic E-state index is 13.4. The van der Waals surface area contributed by atoms with Gasteiger partial charge < -0.3 is 4.74 Å². The van der Waals surface area contributed by atoms with E-state index in [1.165, 1.54) is 23.5 Å². The molecule has 3 rings (SSSR count). The minimum Gasteiger partial charge on any atom is -0.481 e. The summed E-state index contributed by atoms with van der Waals surface area (Å²) >= 11 is 7.34. The Morgan fingerprint density at radius 1 is 1.27 bits per heavy atom. The fraction of sp³-hybridized carbons (Fsp3) is 0.0667. The van der Waals surface area contributed by atoms with Gasteiger partial charge in [-0.3, -0.25) is 10.1 Å². The fourth-order valence-corrected chi connectivity index (χ4v) is 3.01. The number of nitrogens with zero attached hydrogens (tertiary/aromatic N) is 1. The van der Waals surface area contributed by atoms with Crippen molar-refractivity contribution in [3.63, 3.8) is 0 Å². The molecule has 4 nitrogen and oxygen atoms in total. The lowest BCUT2D eigenvalue weighted by Gasteiger charge is -2.06. The quantitative estimate of drug-likeness (QED) is 0.780. The van der Waals surface area contributed by atoms with Crippen LogP contribution in [0.2, 0.25) is 5.02 Å². The van der Waals surface area contributed by atoms with Gasteiger partial charge in [-0.05, 0) is 24.3 Å². The highest BCUT2D eigenvalue weighted by Crippen LogP contribution is 2.30. The number of hydrogen-bond donors (Lipinski definition) is 1. The van der Waals surface area contributed by atoms with E-state index >= 15 is 0 Å². The van der Waals surface area contributed by atoms with Crippen molar-refractivity contribution < 1.29 is 13.9 Å². The molecule has 0 aliphatic heterocycles. The normalized spacial score (nSPS) is 10.6. The van der Waals surface area contributed by atoms with Crippen LogP contribution in [0, 0.1) is 5.82 Å². The first-order chi connectivity index (χ1) is 10.6. The number of aromatic nitrogens is 1. The maximum atomic E-state index is 13.4. The number of rotatable bonds is 4. The number of halogens is 2. The van der Waals surface area contributed by atoms with Crippen LogP contribution in [0.25, 0.3) is 10.2 Å². The van der Waals surface area contributed by atoms with E-state index in [9.17, 15) is 9.18 Å². The average molecular weight is 337 g/mol. The molecule has 0 aliphatic carbocycles. The summed E-state index contributed by atoms with van der Waals surface area (Å²) in [4.78, 5) is 16.1. The third-order valence-corrected chi connectivity index (χ3v) is 4.05. The van der Waals surface area contributed by atoms with Crippen molar-refractivity contribution in [1.29, 1.82) is 0 Å². The van der Waals surface area contributed by atoms with E-state index in [1.807, 2.05) is 12.1 Å². The first-order valence-electron chi connectivity index (χ1n) is 6.36. The number of benzene rings is 2. The Kier molecular flexibility index (Phi) is 4.22. The van der Waals surface area contributed by atoms with Gasteiger partial charge in [0.2, 0.25) is 0 Å². The fourth-order valence-electron chi connectivity index (χ4n) is 1.83. The Morgan fingerprint density at radius 2 is 2.09 bits per heavy atom. The lowest BCUT2D eigenvalue weighted by Crippen LogP contribution is -2.20. The molecule has 1 aromatic heterocycles. The van der Waals surface area contributed by atoms with Crippen LogP contribution in [-0.2, 0) is 4.79 Å². The standard InChI is InChI=1S/C15H10ClFN2O2S/c16-9-4-3-7-12-14(9)19-15(22-12)18-13(20)8-21-11-6-2-1-5-10(11)17/h1-7H,8H2,(H,18,19,20). The van der Waals surface area contributed by atoms with Gasteiger partial charge in [0.1, 0.15) is 5.52 Å². The minimum absolute atomic E-state index is 0.0324. The van der Waals surface area contributed by atoms with E-state index in [4.69, 9.17) is 16.3 Å². The van der Waals surface area contributed by atoms with Crippen LogP contribution in [0.15, 0.2) is 42.5 Å². The highest BCUT2D eigenvalue weighted by atomic mass is 35.5. The Balaban J connectivity index is 1.66. The smallest absolute Gasteiger partial charge is 0.264 e. The molecular formula is C15H10ClFN2O2S. The van der Waals surface area contributed by atoms with E-state index in [1.54, 1.807) is 18.2 Å². The SMILES string of the molecule is O=C(COc1ccccc1F)Nc1nc2c(Cl)cccc2s1. The van der Waals surface area contributed by atoms with Crippen LogP contribution in [0.1, 0.15) is 0 Å². The molecule has 2 aromatic carbocycles. The number of carbonyl (C=O) groups excluding carboxylic acids is 1. The van der Waals surface area contributed by atoms with Crippen LogP contribution in [0.4, 0.5) is 9.52 Å². The van der Waals surface area contributed by atoms with Crippen LogP contribution in [-0.4, -0.2) is 17.5 Å². The molecule has 3 aromatic rings. The molecule has 0 radical (unpaired) electrons. The summed E-state index contributed by atoms with van der Waals surface area (Å²) in [5.41, 5.74) is 0.638. The van der Waals surface area contributed by atoms with Crippen molar-refractivity contribution in [2.75, 3.05) is 11.9 Å². The molecule has 1 amide bonds. The highest BCUT2D eigenvalue weighted by Gasteiger charge is 2.11. The molecule has 1 N–H and O–H groups in total. The third kappa shape index (κ3) is 3.18. The van der Waals surface area contributed by atoms with Crippen molar-refractivity contribution in [3.8, 4) is 5.75 Å². The zero-order valence-corrected chi connectivity index (χ0v) is 12.7. The first-order valence-corrected chi connectivity index (χ1v) is 7.55. The van der Waals surface area contributed by atoms with Crippen molar-refractivity contribution >= 4 is 44.2 Å². The van der Waals surface area contributed by atoms with Gasteiger partial charge in [-0.2, -0.15) is 0 Å². The average Bonchev–Trinajstić information content (AvgIpc) is 2.90. The second kappa shape index (κ2) is 6.29. The van der Waals surface area contributed by atoms with Crippen molar-refractivity contribution in [2.24, 2.45) is 0 Å². The summed E-state index contributed by atoms with van der Waals surface area (Å²) in [7, 11) is 0. The van der Waals surface area contributed by atoms with Gasteiger partial charge >= 0.3 is 0 Å².